The Kier molecular flexibility index (Phi) is 2.68. The number of nitrogens with one attached hydrogen (secondary N) is 1. The number of halogens is 1. The zero-order valence-electron chi connectivity index (χ0n) is 7.59. The lowest BCUT2D eigenvalue weighted by Crippen LogP contribution is -2.11. The molecule has 1 aliphatic heterocycles. The van der Waals surface area contributed by atoms with Gasteiger partial charge in [0, 0.05) is 10.2 Å². The standard InChI is InChI=1S/C11H10BrNO/c12-9-5-6-10-8(7-9)3-1-2-4-11(14)13-10/h2,4-7H,1,3H2,(H,13,14)/b4-2-. The molecule has 1 aliphatic rings. The third-order valence-electron chi connectivity index (χ3n) is 2.17. The predicted octanol–water partition coefficient (Wildman–Crippen LogP) is 2.89. The molecule has 1 heterocycles. The summed E-state index contributed by atoms with van der Waals surface area (Å²) in [5, 5.41) is 2.84. The molecule has 0 spiro atoms. The van der Waals surface area contributed by atoms with E-state index in [-0.39, 0.29) is 5.91 Å². The van der Waals surface area contributed by atoms with E-state index in [0.717, 1.165) is 23.0 Å². The number of aryl methyl sites for hydroxylation is 1. The third kappa shape index (κ3) is 2.04. The highest BCUT2D eigenvalue weighted by atomic mass is 79.9. The van der Waals surface area contributed by atoms with E-state index in [4.69, 9.17) is 0 Å². The molecule has 1 amide bonds. The zero-order chi connectivity index (χ0) is 9.97. The van der Waals surface area contributed by atoms with Gasteiger partial charge in [-0.05, 0) is 42.7 Å². The van der Waals surface area contributed by atoms with Crippen LogP contribution in [-0.4, -0.2) is 5.91 Å². The van der Waals surface area contributed by atoms with E-state index < -0.39 is 0 Å². The Labute approximate surface area is 91.1 Å². The van der Waals surface area contributed by atoms with E-state index in [1.807, 2.05) is 18.2 Å². The Bertz CT molecular complexity index is 398. The third-order valence-corrected chi connectivity index (χ3v) is 2.67. The van der Waals surface area contributed by atoms with Crippen LogP contribution >= 0.6 is 15.9 Å². The number of rotatable bonds is 0. The van der Waals surface area contributed by atoms with Crippen LogP contribution in [0.1, 0.15) is 12.0 Å². The summed E-state index contributed by atoms with van der Waals surface area (Å²) in [6.07, 6.45) is 5.37. The minimum atomic E-state index is -0.0479. The van der Waals surface area contributed by atoms with Gasteiger partial charge in [-0.25, -0.2) is 0 Å². The van der Waals surface area contributed by atoms with Gasteiger partial charge in [-0.3, -0.25) is 4.79 Å². The molecule has 0 bridgehead atoms. The van der Waals surface area contributed by atoms with Crippen LogP contribution in [0.3, 0.4) is 0 Å². The second-order valence-electron chi connectivity index (χ2n) is 3.23. The van der Waals surface area contributed by atoms with E-state index in [9.17, 15) is 4.79 Å². The number of benzene rings is 1. The minimum Gasteiger partial charge on any atom is -0.322 e. The number of fused-ring (bicyclic) bond motifs is 1. The first-order valence-corrected chi connectivity index (χ1v) is 5.31. The van der Waals surface area contributed by atoms with E-state index in [0.29, 0.717) is 0 Å². The van der Waals surface area contributed by atoms with E-state index >= 15 is 0 Å². The molecule has 0 unspecified atom stereocenters. The quantitative estimate of drug-likeness (QED) is 0.755. The maximum Gasteiger partial charge on any atom is 0.248 e. The van der Waals surface area contributed by atoms with Crippen molar-refractivity contribution in [2.45, 2.75) is 12.8 Å². The van der Waals surface area contributed by atoms with E-state index in [2.05, 4.69) is 27.3 Å². The molecular weight excluding hydrogens is 242 g/mol. The summed E-state index contributed by atoms with van der Waals surface area (Å²) in [6.45, 7) is 0. The van der Waals surface area contributed by atoms with Gasteiger partial charge in [0.05, 0.1) is 0 Å². The van der Waals surface area contributed by atoms with Gasteiger partial charge >= 0.3 is 0 Å². The Balaban J connectivity index is 2.39. The summed E-state index contributed by atoms with van der Waals surface area (Å²) in [7, 11) is 0. The molecule has 0 fully saturated rings. The lowest BCUT2D eigenvalue weighted by atomic mass is 10.1. The Morgan fingerprint density at radius 3 is 3.07 bits per heavy atom. The van der Waals surface area contributed by atoms with Crippen molar-refractivity contribution >= 4 is 27.5 Å². The van der Waals surface area contributed by atoms with Crippen molar-refractivity contribution in [2.75, 3.05) is 5.32 Å². The minimum absolute atomic E-state index is 0.0479. The summed E-state index contributed by atoms with van der Waals surface area (Å²) in [4.78, 5) is 11.3. The number of amides is 1. The van der Waals surface area contributed by atoms with Gasteiger partial charge in [0.2, 0.25) is 5.91 Å². The van der Waals surface area contributed by atoms with Crippen LogP contribution in [0.15, 0.2) is 34.8 Å². The zero-order valence-corrected chi connectivity index (χ0v) is 9.17. The van der Waals surface area contributed by atoms with Crippen molar-refractivity contribution in [1.82, 2.24) is 0 Å². The second kappa shape index (κ2) is 3.96. The van der Waals surface area contributed by atoms with Gasteiger partial charge in [0.25, 0.3) is 0 Å². The van der Waals surface area contributed by atoms with Crippen LogP contribution in [0.25, 0.3) is 0 Å². The van der Waals surface area contributed by atoms with Gasteiger partial charge in [-0.1, -0.05) is 22.0 Å². The fourth-order valence-corrected chi connectivity index (χ4v) is 1.90. The highest BCUT2D eigenvalue weighted by Crippen LogP contribution is 2.23. The second-order valence-corrected chi connectivity index (χ2v) is 4.15. The van der Waals surface area contributed by atoms with Crippen molar-refractivity contribution in [1.29, 1.82) is 0 Å². The fourth-order valence-electron chi connectivity index (χ4n) is 1.49. The van der Waals surface area contributed by atoms with Crippen LogP contribution in [-0.2, 0) is 11.2 Å². The van der Waals surface area contributed by atoms with Gasteiger partial charge in [0.1, 0.15) is 0 Å². The molecule has 0 saturated carbocycles. The van der Waals surface area contributed by atoms with Crippen molar-refractivity contribution in [3.8, 4) is 0 Å². The maximum atomic E-state index is 11.3. The predicted molar refractivity (Wildman–Crippen MR) is 60.2 cm³/mol. The molecule has 14 heavy (non-hydrogen) atoms. The number of carbonyl (C=O) groups excluding carboxylic acids is 1. The molecule has 0 atom stereocenters. The highest BCUT2D eigenvalue weighted by molar-refractivity contribution is 9.10. The van der Waals surface area contributed by atoms with Crippen LogP contribution < -0.4 is 5.32 Å². The Morgan fingerprint density at radius 1 is 1.36 bits per heavy atom. The molecule has 0 radical (unpaired) electrons. The smallest absolute Gasteiger partial charge is 0.248 e. The average molecular weight is 252 g/mol. The van der Waals surface area contributed by atoms with Crippen molar-refractivity contribution in [2.24, 2.45) is 0 Å². The Hall–Kier alpha value is -1.09. The Morgan fingerprint density at radius 2 is 2.21 bits per heavy atom. The maximum absolute atomic E-state index is 11.3. The van der Waals surface area contributed by atoms with Gasteiger partial charge in [-0.15, -0.1) is 0 Å². The molecule has 1 aromatic carbocycles. The summed E-state index contributed by atoms with van der Waals surface area (Å²) in [5.74, 6) is -0.0479. The van der Waals surface area contributed by atoms with Crippen LogP contribution in [0, 0.1) is 0 Å². The summed E-state index contributed by atoms with van der Waals surface area (Å²) in [5.41, 5.74) is 2.10. The molecule has 0 aromatic heterocycles. The average Bonchev–Trinajstić information content (AvgIpc) is 2.13. The largest absolute Gasteiger partial charge is 0.322 e. The van der Waals surface area contributed by atoms with Gasteiger partial charge < -0.3 is 5.32 Å². The number of carbonyl (C=O) groups is 1. The number of hydrogen-bond acceptors (Lipinski definition) is 1. The molecule has 0 aliphatic carbocycles. The van der Waals surface area contributed by atoms with E-state index in [1.165, 1.54) is 5.56 Å². The summed E-state index contributed by atoms with van der Waals surface area (Å²) in [6, 6.07) is 5.91. The lowest BCUT2D eigenvalue weighted by molar-refractivity contribution is -0.111. The SMILES string of the molecule is O=C1/C=C\CCc2cc(Br)ccc2N1. The number of hydrogen-bond donors (Lipinski definition) is 1. The summed E-state index contributed by atoms with van der Waals surface area (Å²) < 4.78 is 1.05. The van der Waals surface area contributed by atoms with Gasteiger partial charge in [0.15, 0.2) is 0 Å². The molecular formula is C11H10BrNO. The van der Waals surface area contributed by atoms with Crippen LogP contribution in [0.4, 0.5) is 5.69 Å². The molecule has 2 nitrogen and oxygen atoms in total. The molecule has 2 rings (SSSR count). The summed E-state index contributed by atoms with van der Waals surface area (Å²) >= 11 is 3.42. The van der Waals surface area contributed by atoms with Gasteiger partial charge in [-0.2, -0.15) is 0 Å². The lowest BCUT2D eigenvalue weighted by Gasteiger charge is -2.11. The number of allylic oxidation sites excluding steroid dienone is 1. The van der Waals surface area contributed by atoms with Crippen molar-refractivity contribution in [3.63, 3.8) is 0 Å². The van der Waals surface area contributed by atoms with E-state index in [1.54, 1.807) is 6.08 Å². The molecule has 0 saturated heterocycles. The van der Waals surface area contributed by atoms with Crippen molar-refractivity contribution < 1.29 is 4.79 Å². The van der Waals surface area contributed by atoms with Crippen LogP contribution in [0.5, 0.6) is 0 Å². The van der Waals surface area contributed by atoms with Crippen LogP contribution in [0.2, 0.25) is 0 Å². The molecule has 1 aromatic rings. The fraction of sp³-hybridized carbons (Fsp3) is 0.182. The first kappa shape index (κ1) is 9.46. The normalized spacial score (nSPS) is 17.6. The number of anilines is 1. The first-order chi connectivity index (χ1) is 6.75. The first-order valence-electron chi connectivity index (χ1n) is 4.51. The molecule has 1 N–H and O–H groups in total. The molecule has 3 heteroatoms. The van der Waals surface area contributed by atoms with Crippen molar-refractivity contribution in [3.05, 3.63) is 40.4 Å². The monoisotopic (exact) mass is 251 g/mol. The highest BCUT2D eigenvalue weighted by Gasteiger charge is 2.07. The topological polar surface area (TPSA) is 29.1 Å². The molecule has 72 valence electrons.